The van der Waals surface area contributed by atoms with Gasteiger partial charge in [0.2, 0.25) is 0 Å². The number of carbonyl (C=O) groups excluding carboxylic acids is 1. The van der Waals surface area contributed by atoms with Crippen molar-refractivity contribution in [1.82, 2.24) is 4.98 Å². The van der Waals surface area contributed by atoms with E-state index in [1.54, 1.807) is 0 Å². The van der Waals surface area contributed by atoms with Gasteiger partial charge in [-0.15, -0.1) is 0 Å². The second-order valence-electron chi connectivity index (χ2n) is 4.41. The first-order valence-electron chi connectivity index (χ1n) is 5.86. The van der Waals surface area contributed by atoms with Crippen molar-refractivity contribution in [3.05, 3.63) is 39.5 Å². The van der Waals surface area contributed by atoms with Crippen LogP contribution in [0.1, 0.15) is 34.5 Å². The quantitative estimate of drug-likeness (QED) is 0.750. The van der Waals surface area contributed by atoms with E-state index in [4.69, 9.17) is 4.98 Å². The molecule has 2 nitrogen and oxygen atoms in total. The maximum absolute atomic E-state index is 11.4. The molecule has 3 heteroatoms. The van der Waals surface area contributed by atoms with Crippen LogP contribution in [-0.4, -0.2) is 11.3 Å². The van der Waals surface area contributed by atoms with Gasteiger partial charge >= 0.3 is 0 Å². The molecule has 0 amide bonds. The summed E-state index contributed by atoms with van der Waals surface area (Å²) in [5.41, 5.74) is 4.02. The summed E-state index contributed by atoms with van der Waals surface area (Å²) in [6.45, 7) is 0. The van der Waals surface area contributed by atoms with E-state index in [2.05, 4.69) is 15.9 Å². The fraction of sp³-hybridized carbons (Fsp3) is 0.286. The van der Waals surface area contributed by atoms with Crippen LogP contribution >= 0.6 is 15.9 Å². The second kappa shape index (κ2) is 4.22. The molecule has 1 aliphatic carbocycles. The maximum Gasteiger partial charge on any atom is 0.151 e. The third-order valence-corrected chi connectivity index (χ3v) is 4.05. The number of halogens is 1. The number of nitrogens with zero attached hydrogens (tertiary/aromatic N) is 1. The summed E-state index contributed by atoms with van der Waals surface area (Å²) in [5, 5.41) is 0.968. The fourth-order valence-electron chi connectivity index (χ4n) is 2.58. The van der Waals surface area contributed by atoms with Crippen molar-refractivity contribution >= 4 is 33.1 Å². The van der Waals surface area contributed by atoms with Crippen LogP contribution in [0.3, 0.4) is 0 Å². The molecule has 17 heavy (non-hydrogen) atoms. The molecular formula is C14H12BrNO. The molecule has 1 aromatic carbocycles. The zero-order valence-corrected chi connectivity index (χ0v) is 11.0. The Bertz CT molecular complexity index is 607. The van der Waals surface area contributed by atoms with Crippen LogP contribution in [0.15, 0.2) is 22.7 Å². The van der Waals surface area contributed by atoms with E-state index in [0.717, 1.165) is 57.7 Å². The summed E-state index contributed by atoms with van der Waals surface area (Å²) in [5.74, 6) is 0. The molecule has 0 N–H and O–H groups in total. The molecular weight excluding hydrogens is 278 g/mol. The average molecular weight is 290 g/mol. The Kier molecular flexibility index (Phi) is 2.71. The van der Waals surface area contributed by atoms with Gasteiger partial charge in [0.05, 0.1) is 5.52 Å². The van der Waals surface area contributed by atoms with Crippen molar-refractivity contribution in [2.45, 2.75) is 25.7 Å². The summed E-state index contributed by atoms with van der Waals surface area (Å²) in [6, 6.07) is 5.90. The van der Waals surface area contributed by atoms with Crippen molar-refractivity contribution in [2.24, 2.45) is 0 Å². The Morgan fingerprint density at radius 2 is 2.06 bits per heavy atom. The van der Waals surface area contributed by atoms with Gasteiger partial charge in [0, 0.05) is 21.1 Å². The highest BCUT2D eigenvalue weighted by atomic mass is 79.9. The molecule has 0 saturated heterocycles. The van der Waals surface area contributed by atoms with E-state index in [9.17, 15) is 4.79 Å². The minimum atomic E-state index is 0.839. The highest BCUT2D eigenvalue weighted by Crippen LogP contribution is 2.31. The fourth-order valence-corrected chi connectivity index (χ4v) is 3.04. The van der Waals surface area contributed by atoms with E-state index >= 15 is 0 Å². The molecule has 1 aliphatic rings. The second-order valence-corrected chi connectivity index (χ2v) is 5.27. The number of rotatable bonds is 1. The van der Waals surface area contributed by atoms with Crippen LogP contribution in [0.5, 0.6) is 0 Å². The van der Waals surface area contributed by atoms with Crippen molar-refractivity contribution < 1.29 is 4.79 Å². The first-order valence-corrected chi connectivity index (χ1v) is 6.65. The Morgan fingerprint density at radius 1 is 1.24 bits per heavy atom. The molecule has 2 aromatic rings. The Morgan fingerprint density at radius 3 is 2.88 bits per heavy atom. The van der Waals surface area contributed by atoms with E-state index in [1.165, 1.54) is 6.42 Å². The average Bonchev–Trinajstić information content (AvgIpc) is 2.37. The highest BCUT2D eigenvalue weighted by Gasteiger charge is 2.18. The maximum atomic E-state index is 11.4. The number of hydrogen-bond acceptors (Lipinski definition) is 2. The normalized spacial score (nSPS) is 14.6. The van der Waals surface area contributed by atoms with Crippen LogP contribution in [-0.2, 0) is 12.8 Å². The van der Waals surface area contributed by atoms with Crippen LogP contribution < -0.4 is 0 Å². The molecule has 1 heterocycles. The van der Waals surface area contributed by atoms with Gasteiger partial charge in [0.25, 0.3) is 0 Å². The standard InChI is InChI=1S/C14H12BrNO/c15-12-6-3-5-10-11(8-17)9-4-1-2-7-13(9)16-14(10)12/h3,5-6,8H,1-2,4,7H2. The minimum Gasteiger partial charge on any atom is -0.298 e. The lowest BCUT2D eigenvalue weighted by Gasteiger charge is -2.18. The van der Waals surface area contributed by atoms with Gasteiger partial charge in [-0.2, -0.15) is 0 Å². The monoisotopic (exact) mass is 289 g/mol. The van der Waals surface area contributed by atoms with Crippen LogP contribution in [0.4, 0.5) is 0 Å². The molecule has 0 fully saturated rings. The lowest BCUT2D eigenvalue weighted by molar-refractivity contribution is 0.112. The zero-order chi connectivity index (χ0) is 11.8. The van der Waals surface area contributed by atoms with E-state index < -0.39 is 0 Å². The molecule has 0 saturated carbocycles. The number of aryl methyl sites for hydroxylation is 1. The molecule has 0 spiro atoms. The SMILES string of the molecule is O=Cc1c2c(nc3c(Br)cccc13)CCCC2. The number of aldehydes is 1. The molecule has 0 bridgehead atoms. The Hall–Kier alpha value is -1.22. The van der Waals surface area contributed by atoms with Crippen molar-refractivity contribution in [3.63, 3.8) is 0 Å². The summed E-state index contributed by atoms with van der Waals surface area (Å²) in [6.07, 6.45) is 5.30. The summed E-state index contributed by atoms with van der Waals surface area (Å²) in [7, 11) is 0. The number of pyridine rings is 1. The third kappa shape index (κ3) is 1.69. The van der Waals surface area contributed by atoms with Gasteiger partial charge in [0.15, 0.2) is 6.29 Å². The highest BCUT2D eigenvalue weighted by molar-refractivity contribution is 9.10. The molecule has 0 radical (unpaired) electrons. The number of carbonyl (C=O) groups is 1. The predicted molar refractivity (Wildman–Crippen MR) is 71.5 cm³/mol. The predicted octanol–water partition coefficient (Wildman–Crippen LogP) is 3.69. The number of para-hydroxylation sites is 1. The van der Waals surface area contributed by atoms with Gasteiger partial charge in [-0.1, -0.05) is 12.1 Å². The van der Waals surface area contributed by atoms with Gasteiger partial charge in [0.1, 0.15) is 0 Å². The van der Waals surface area contributed by atoms with Crippen molar-refractivity contribution in [1.29, 1.82) is 0 Å². The van der Waals surface area contributed by atoms with E-state index in [1.807, 2.05) is 18.2 Å². The Balaban J connectivity index is 2.43. The van der Waals surface area contributed by atoms with Gasteiger partial charge in [-0.25, -0.2) is 0 Å². The summed E-state index contributed by atoms with van der Waals surface area (Å²) in [4.78, 5) is 16.1. The largest absolute Gasteiger partial charge is 0.298 e. The molecule has 0 aliphatic heterocycles. The zero-order valence-electron chi connectivity index (χ0n) is 9.37. The molecule has 0 unspecified atom stereocenters. The molecule has 86 valence electrons. The molecule has 3 rings (SSSR count). The van der Waals surface area contributed by atoms with E-state index in [-0.39, 0.29) is 0 Å². The van der Waals surface area contributed by atoms with Crippen LogP contribution in [0.2, 0.25) is 0 Å². The third-order valence-electron chi connectivity index (χ3n) is 3.41. The number of hydrogen-bond donors (Lipinski definition) is 0. The van der Waals surface area contributed by atoms with Crippen LogP contribution in [0, 0.1) is 0 Å². The molecule has 1 aromatic heterocycles. The summed E-state index contributed by atoms with van der Waals surface area (Å²) < 4.78 is 0.964. The van der Waals surface area contributed by atoms with Gasteiger partial charge in [-0.05, 0) is 53.2 Å². The van der Waals surface area contributed by atoms with Crippen molar-refractivity contribution in [2.75, 3.05) is 0 Å². The lowest BCUT2D eigenvalue weighted by atomic mass is 9.90. The smallest absolute Gasteiger partial charge is 0.151 e. The topological polar surface area (TPSA) is 30.0 Å². The van der Waals surface area contributed by atoms with E-state index in [0.29, 0.717) is 0 Å². The lowest BCUT2D eigenvalue weighted by Crippen LogP contribution is -2.09. The van der Waals surface area contributed by atoms with Gasteiger partial charge < -0.3 is 0 Å². The minimum absolute atomic E-state index is 0.839. The Labute approximate surface area is 108 Å². The number of aromatic nitrogens is 1. The number of fused-ring (bicyclic) bond motifs is 2. The first-order chi connectivity index (χ1) is 8.31. The molecule has 0 atom stereocenters. The van der Waals surface area contributed by atoms with Gasteiger partial charge in [-0.3, -0.25) is 9.78 Å². The van der Waals surface area contributed by atoms with Crippen molar-refractivity contribution in [3.8, 4) is 0 Å². The van der Waals surface area contributed by atoms with Crippen LogP contribution in [0.25, 0.3) is 10.9 Å². The summed E-state index contributed by atoms with van der Waals surface area (Å²) >= 11 is 3.51. The first kappa shape index (κ1) is 10.9. The number of benzene rings is 1.